The highest BCUT2D eigenvalue weighted by Crippen LogP contribution is 2.26. The maximum Gasteiger partial charge on any atom is 0.337 e. The topological polar surface area (TPSA) is 102 Å². The van der Waals surface area contributed by atoms with E-state index in [-0.39, 0.29) is 0 Å². The van der Waals surface area contributed by atoms with Crippen molar-refractivity contribution < 1.29 is 14.6 Å². The Morgan fingerprint density at radius 3 is 2.56 bits per heavy atom. The van der Waals surface area contributed by atoms with Gasteiger partial charge < -0.3 is 20.6 Å². The first kappa shape index (κ1) is 12.3. The molecule has 0 fully saturated rings. The van der Waals surface area contributed by atoms with E-state index in [1.165, 1.54) is 12.1 Å². The van der Waals surface area contributed by atoms with E-state index in [0.717, 1.165) is 0 Å². The molecule has 0 aliphatic rings. The van der Waals surface area contributed by atoms with Gasteiger partial charge in [-0.2, -0.15) is 0 Å². The van der Waals surface area contributed by atoms with Crippen molar-refractivity contribution in [2.45, 2.75) is 6.10 Å². The summed E-state index contributed by atoms with van der Waals surface area (Å²) in [6.45, 7) is 0. The van der Waals surface area contributed by atoms with E-state index in [0.29, 0.717) is 16.9 Å². The second-order valence-electron chi connectivity index (χ2n) is 3.38. The van der Waals surface area contributed by atoms with E-state index in [9.17, 15) is 4.79 Å². The third-order valence-electron chi connectivity index (χ3n) is 2.19. The van der Waals surface area contributed by atoms with Crippen LogP contribution in [0, 0.1) is 0 Å². The van der Waals surface area contributed by atoms with E-state index in [2.05, 4.69) is 0 Å². The number of hydrogen-bond donors (Lipinski definition) is 3. The monoisotopic (exact) mass is 225 g/mol. The summed E-state index contributed by atoms with van der Waals surface area (Å²) in [5.41, 5.74) is 7.27. The third-order valence-corrected chi connectivity index (χ3v) is 2.19. The van der Waals surface area contributed by atoms with Gasteiger partial charge in [-0.15, -0.1) is 0 Å². The summed E-state index contributed by atoms with van der Waals surface area (Å²) in [5.74, 6) is 4.48. The fourth-order valence-corrected chi connectivity index (χ4v) is 1.44. The van der Waals surface area contributed by atoms with Crippen LogP contribution in [-0.4, -0.2) is 25.2 Å². The first-order chi connectivity index (χ1) is 7.47. The van der Waals surface area contributed by atoms with Crippen LogP contribution in [0.25, 0.3) is 0 Å². The standard InChI is InChI=1S/C10H15N3O3/c1-13(12)8-4-3-6(5-7(8)11)9(16-2)10(14)15/h3-5,9H,11-12H2,1-2H3,(H,14,15). The van der Waals surface area contributed by atoms with Crippen LogP contribution in [-0.2, 0) is 9.53 Å². The molecule has 16 heavy (non-hydrogen) atoms. The second kappa shape index (κ2) is 4.82. The third kappa shape index (κ3) is 2.41. The van der Waals surface area contributed by atoms with Crippen molar-refractivity contribution in [2.75, 3.05) is 24.9 Å². The van der Waals surface area contributed by atoms with E-state index in [4.69, 9.17) is 21.4 Å². The molecule has 0 heterocycles. The number of ether oxygens (including phenoxy) is 1. The number of anilines is 2. The van der Waals surface area contributed by atoms with Crippen molar-refractivity contribution in [1.82, 2.24) is 0 Å². The Hall–Kier alpha value is -1.79. The summed E-state index contributed by atoms with van der Waals surface area (Å²) in [6.07, 6.45) is -1.01. The van der Waals surface area contributed by atoms with E-state index >= 15 is 0 Å². The Morgan fingerprint density at radius 2 is 2.19 bits per heavy atom. The molecule has 1 aromatic carbocycles. The average molecular weight is 225 g/mol. The van der Waals surface area contributed by atoms with E-state index in [1.807, 2.05) is 0 Å². The number of carboxylic acids is 1. The SMILES string of the molecule is COC(C(=O)O)c1ccc(N(C)N)c(N)c1. The van der Waals surface area contributed by atoms with Crippen LogP contribution in [0.2, 0.25) is 0 Å². The number of benzene rings is 1. The number of hydrazine groups is 1. The highest BCUT2D eigenvalue weighted by molar-refractivity contribution is 5.76. The highest BCUT2D eigenvalue weighted by atomic mass is 16.5. The first-order valence-electron chi connectivity index (χ1n) is 4.60. The van der Waals surface area contributed by atoms with Gasteiger partial charge in [-0.05, 0) is 17.7 Å². The number of methoxy groups -OCH3 is 1. The van der Waals surface area contributed by atoms with Gasteiger partial charge in [0.25, 0.3) is 0 Å². The molecule has 0 saturated carbocycles. The molecule has 0 saturated heterocycles. The zero-order chi connectivity index (χ0) is 12.3. The Morgan fingerprint density at radius 1 is 1.56 bits per heavy atom. The Bertz CT molecular complexity index is 393. The average Bonchev–Trinajstić information content (AvgIpc) is 2.17. The molecular weight excluding hydrogens is 210 g/mol. The zero-order valence-corrected chi connectivity index (χ0v) is 9.18. The molecule has 1 atom stereocenters. The number of nitrogens with zero attached hydrogens (tertiary/aromatic N) is 1. The summed E-state index contributed by atoms with van der Waals surface area (Å²) in [4.78, 5) is 10.9. The summed E-state index contributed by atoms with van der Waals surface area (Å²) in [5, 5.41) is 10.3. The molecule has 6 nitrogen and oxygen atoms in total. The van der Waals surface area contributed by atoms with Crippen LogP contribution in [0.1, 0.15) is 11.7 Å². The number of rotatable bonds is 4. The van der Waals surface area contributed by atoms with Gasteiger partial charge in [0.1, 0.15) is 0 Å². The lowest BCUT2D eigenvalue weighted by molar-refractivity contribution is -0.148. The maximum absolute atomic E-state index is 10.9. The number of nitrogen functional groups attached to an aromatic ring is 1. The van der Waals surface area contributed by atoms with Gasteiger partial charge in [-0.25, -0.2) is 10.6 Å². The number of hydrogen-bond acceptors (Lipinski definition) is 5. The summed E-state index contributed by atoms with van der Waals surface area (Å²) in [6, 6.07) is 4.82. The smallest absolute Gasteiger partial charge is 0.337 e. The number of carbonyl (C=O) groups is 1. The molecule has 0 amide bonds. The van der Waals surface area contributed by atoms with Crippen LogP contribution in [0.5, 0.6) is 0 Å². The molecule has 0 bridgehead atoms. The molecule has 0 radical (unpaired) electrons. The molecular formula is C10H15N3O3. The van der Waals surface area contributed by atoms with Crippen molar-refractivity contribution in [3.8, 4) is 0 Å². The summed E-state index contributed by atoms with van der Waals surface area (Å²) < 4.78 is 4.85. The van der Waals surface area contributed by atoms with Crippen LogP contribution in [0.3, 0.4) is 0 Å². The molecule has 1 rings (SSSR count). The molecule has 88 valence electrons. The van der Waals surface area contributed by atoms with Gasteiger partial charge >= 0.3 is 5.97 Å². The predicted octanol–water partition coefficient (Wildman–Crippen LogP) is 0.351. The van der Waals surface area contributed by atoms with Crippen molar-refractivity contribution in [2.24, 2.45) is 5.84 Å². The lowest BCUT2D eigenvalue weighted by atomic mass is 10.1. The zero-order valence-electron chi connectivity index (χ0n) is 9.18. The van der Waals surface area contributed by atoms with E-state index < -0.39 is 12.1 Å². The normalized spacial score (nSPS) is 12.2. The Labute approximate surface area is 93.4 Å². The largest absolute Gasteiger partial charge is 0.479 e. The lowest BCUT2D eigenvalue weighted by Crippen LogP contribution is -2.26. The molecule has 1 aromatic rings. The number of nitrogens with two attached hydrogens (primary N) is 2. The van der Waals surface area contributed by atoms with Crippen LogP contribution in [0.4, 0.5) is 11.4 Å². The van der Waals surface area contributed by atoms with Gasteiger partial charge in [-0.3, -0.25) is 0 Å². The van der Waals surface area contributed by atoms with Crippen molar-refractivity contribution in [3.63, 3.8) is 0 Å². The lowest BCUT2D eigenvalue weighted by Gasteiger charge is -2.17. The Balaban J connectivity index is 3.09. The molecule has 1 unspecified atom stereocenters. The minimum Gasteiger partial charge on any atom is -0.479 e. The Kier molecular flexibility index (Phi) is 3.70. The molecule has 0 aromatic heterocycles. The highest BCUT2D eigenvalue weighted by Gasteiger charge is 2.19. The first-order valence-corrected chi connectivity index (χ1v) is 4.60. The van der Waals surface area contributed by atoms with Crippen molar-refractivity contribution >= 4 is 17.3 Å². The summed E-state index contributed by atoms with van der Waals surface area (Å²) in [7, 11) is 2.98. The molecule has 0 aliphatic heterocycles. The van der Waals surface area contributed by atoms with Crippen LogP contribution < -0.4 is 16.6 Å². The second-order valence-corrected chi connectivity index (χ2v) is 3.38. The minimum atomic E-state index is -1.06. The van der Waals surface area contributed by atoms with Gasteiger partial charge in [0.2, 0.25) is 0 Å². The minimum absolute atomic E-state index is 0.408. The van der Waals surface area contributed by atoms with Gasteiger partial charge in [0.05, 0.1) is 11.4 Å². The molecule has 0 spiro atoms. The predicted molar refractivity (Wildman–Crippen MR) is 60.8 cm³/mol. The van der Waals surface area contributed by atoms with Gasteiger partial charge in [0, 0.05) is 14.2 Å². The fraction of sp³-hybridized carbons (Fsp3) is 0.300. The summed E-state index contributed by atoms with van der Waals surface area (Å²) >= 11 is 0. The molecule has 6 heteroatoms. The fourth-order valence-electron chi connectivity index (χ4n) is 1.44. The van der Waals surface area contributed by atoms with E-state index in [1.54, 1.807) is 25.2 Å². The van der Waals surface area contributed by atoms with Crippen LogP contribution in [0.15, 0.2) is 18.2 Å². The van der Waals surface area contributed by atoms with Crippen molar-refractivity contribution in [1.29, 1.82) is 0 Å². The van der Waals surface area contributed by atoms with Crippen molar-refractivity contribution in [3.05, 3.63) is 23.8 Å². The van der Waals surface area contributed by atoms with Gasteiger partial charge in [0.15, 0.2) is 6.10 Å². The molecule has 5 N–H and O–H groups in total. The van der Waals surface area contributed by atoms with Gasteiger partial charge in [-0.1, -0.05) is 6.07 Å². The quantitative estimate of drug-likeness (QED) is 0.388. The maximum atomic E-state index is 10.9. The van der Waals surface area contributed by atoms with Crippen LogP contribution >= 0.6 is 0 Å². The number of carboxylic acid groups (broad SMARTS) is 1. The number of aliphatic carboxylic acids is 1. The molecule has 0 aliphatic carbocycles.